The number of aryl methyl sites for hydroxylation is 1. The summed E-state index contributed by atoms with van der Waals surface area (Å²) in [6.07, 6.45) is -2.71. The van der Waals surface area contributed by atoms with Crippen molar-refractivity contribution in [2.45, 2.75) is 90.5 Å². The number of piperidine rings is 1. The highest BCUT2D eigenvalue weighted by atomic mass is 19.4. The summed E-state index contributed by atoms with van der Waals surface area (Å²) in [5.41, 5.74) is -0.224. The molecular weight excluding hydrogens is 645 g/mol. The molecule has 3 aromatic rings. The van der Waals surface area contributed by atoms with Crippen LogP contribution in [0.5, 0.6) is 5.75 Å². The van der Waals surface area contributed by atoms with Crippen LogP contribution in [0.15, 0.2) is 48.7 Å². The highest BCUT2D eigenvalue weighted by molar-refractivity contribution is 5.99. The lowest BCUT2D eigenvalue weighted by molar-refractivity contribution is -0.274. The molecule has 4 rings (SSSR count). The van der Waals surface area contributed by atoms with Crippen molar-refractivity contribution in [1.29, 1.82) is 0 Å². The number of likely N-dealkylation sites (tertiary alicyclic amines) is 1. The van der Waals surface area contributed by atoms with Crippen LogP contribution in [0.4, 0.5) is 22.8 Å². The summed E-state index contributed by atoms with van der Waals surface area (Å²) in [5, 5.41) is 6.44. The summed E-state index contributed by atoms with van der Waals surface area (Å²) in [4.78, 5) is 52.2. The fourth-order valence-electron chi connectivity index (χ4n) is 5.57. The van der Waals surface area contributed by atoms with Crippen molar-refractivity contribution in [3.05, 3.63) is 54.2 Å². The zero-order chi connectivity index (χ0) is 36.2. The third-order valence-corrected chi connectivity index (χ3v) is 7.75. The van der Waals surface area contributed by atoms with Gasteiger partial charge >= 0.3 is 18.5 Å². The van der Waals surface area contributed by atoms with Gasteiger partial charge in [0.25, 0.3) is 0 Å². The van der Waals surface area contributed by atoms with Crippen LogP contribution in [0.3, 0.4) is 0 Å². The van der Waals surface area contributed by atoms with Crippen molar-refractivity contribution in [1.82, 2.24) is 20.1 Å². The second-order valence-electron chi connectivity index (χ2n) is 14.0. The predicted octanol–water partition coefficient (Wildman–Crippen LogP) is 6.82. The van der Waals surface area contributed by atoms with E-state index < -0.39 is 41.2 Å². The molecule has 1 aliphatic rings. The molecule has 266 valence electrons. The Kier molecular flexibility index (Phi) is 10.9. The van der Waals surface area contributed by atoms with E-state index in [4.69, 9.17) is 9.47 Å². The average Bonchev–Trinajstić information content (AvgIpc) is 3.34. The van der Waals surface area contributed by atoms with Gasteiger partial charge in [-0.15, -0.1) is 13.2 Å². The third kappa shape index (κ3) is 10.1. The predicted molar refractivity (Wildman–Crippen MR) is 176 cm³/mol. The lowest BCUT2D eigenvalue weighted by Crippen LogP contribution is -2.64. The van der Waals surface area contributed by atoms with Crippen molar-refractivity contribution < 1.29 is 46.6 Å². The molecule has 0 radical (unpaired) electrons. The maximum Gasteiger partial charge on any atom is 0.573 e. The van der Waals surface area contributed by atoms with Crippen LogP contribution < -0.4 is 15.4 Å². The first kappa shape index (κ1) is 37.1. The average molecular weight is 689 g/mol. The molecular formula is C35H43F3N4O7. The first-order valence-corrected chi connectivity index (χ1v) is 16.0. The first-order valence-electron chi connectivity index (χ1n) is 16.0. The number of ether oxygens (including phenoxy) is 3. The quantitative estimate of drug-likeness (QED) is 0.187. The minimum absolute atomic E-state index is 0.148. The fraction of sp³-hybridized carbons (Fsp3) is 0.486. The van der Waals surface area contributed by atoms with Gasteiger partial charge in [-0.05, 0) is 96.7 Å². The van der Waals surface area contributed by atoms with Gasteiger partial charge in [0.15, 0.2) is 0 Å². The van der Waals surface area contributed by atoms with Gasteiger partial charge in [-0.25, -0.2) is 9.59 Å². The molecule has 1 aliphatic heterocycles. The Hall–Kier alpha value is -4.75. The number of carbonyl (C=O) groups is 4. The molecule has 0 saturated carbocycles. The van der Waals surface area contributed by atoms with Gasteiger partial charge in [-0.3, -0.25) is 9.59 Å². The molecule has 2 N–H and O–H groups in total. The van der Waals surface area contributed by atoms with E-state index in [9.17, 15) is 32.3 Å². The van der Waals surface area contributed by atoms with Crippen molar-refractivity contribution in [2.75, 3.05) is 19.6 Å². The number of alkyl carbamates (subject to hydrolysis) is 1. The van der Waals surface area contributed by atoms with Gasteiger partial charge in [0.05, 0.1) is 0 Å². The SMILES string of the molecule is CC(C)(C)OC(=O)NC1(C(=O)NCCCn2cc(-c3ccc(OC(F)(F)F)cc3)c3cc(C=O)ccc32)CCN(C(=O)OC(C)(C)C)CC1. The number of nitrogens with zero attached hydrogens (tertiary/aromatic N) is 2. The van der Waals surface area contributed by atoms with Gasteiger partial charge in [0, 0.05) is 54.4 Å². The highest BCUT2D eigenvalue weighted by Gasteiger charge is 2.45. The number of amides is 3. The number of alkyl halides is 3. The van der Waals surface area contributed by atoms with Gasteiger partial charge in [-0.1, -0.05) is 12.1 Å². The van der Waals surface area contributed by atoms with Crippen molar-refractivity contribution in [3.63, 3.8) is 0 Å². The summed E-state index contributed by atoms with van der Waals surface area (Å²) >= 11 is 0. The zero-order valence-electron chi connectivity index (χ0n) is 28.5. The molecule has 0 unspecified atom stereocenters. The Labute approximate surface area is 283 Å². The molecule has 1 saturated heterocycles. The number of carbonyl (C=O) groups excluding carboxylic acids is 4. The molecule has 0 atom stereocenters. The van der Waals surface area contributed by atoms with Crippen LogP contribution in [0.2, 0.25) is 0 Å². The highest BCUT2D eigenvalue weighted by Crippen LogP contribution is 2.34. The lowest BCUT2D eigenvalue weighted by atomic mass is 9.86. The number of rotatable bonds is 9. The maximum absolute atomic E-state index is 13.7. The number of hydrogen-bond donors (Lipinski definition) is 2. The molecule has 1 fully saturated rings. The summed E-state index contributed by atoms with van der Waals surface area (Å²) < 4.78 is 54.9. The second-order valence-corrected chi connectivity index (χ2v) is 14.0. The number of benzene rings is 2. The summed E-state index contributed by atoms with van der Waals surface area (Å²) in [6, 6.07) is 10.7. The third-order valence-electron chi connectivity index (χ3n) is 7.75. The minimum Gasteiger partial charge on any atom is -0.444 e. The molecule has 2 heterocycles. The van der Waals surface area contributed by atoms with Crippen molar-refractivity contribution >= 4 is 35.3 Å². The molecule has 2 aromatic carbocycles. The van der Waals surface area contributed by atoms with Crippen LogP contribution in [-0.4, -0.2) is 76.6 Å². The molecule has 14 heteroatoms. The van der Waals surface area contributed by atoms with E-state index in [-0.39, 0.29) is 38.2 Å². The minimum atomic E-state index is -4.81. The number of aldehydes is 1. The molecule has 1 aromatic heterocycles. The van der Waals surface area contributed by atoms with Gasteiger partial charge in [0.2, 0.25) is 5.91 Å². The topological polar surface area (TPSA) is 128 Å². The van der Waals surface area contributed by atoms with E-state index in [0.717, 1.165) is 17.2 Å². The molecule has 0 bridgehead atoms. The zero-order valence-corrected chi connectivity index (χ0v) is 28.5. The number of hydrogen-bond acceptors (Lipinski definition) is 7. The summed E-state index contributed by atoms with van der Waals surface area (Å²) in [7, 11) is 0. The fourth-order valence-corrected chi connectivity index (χ4v) is 5.57. The molecule has 49 heavy (non-hydrogen) atoms. The van der Waals surface area contributed by atoms with Crippen LogP contribution in [0, 0.1) is 0 Å². The van der Waals surface area contributed by atoms with E-state index >= 15 is 0 Å². The van der Waals surface area contributed by atoms with Gasteiger partial charge in [-0.2, -0.15) is 0 Å². The van der Waals surface area contributed by atoms with E-state index in [0.29, 0.717) is 29.7 Å². The second kappa shape index (κ2) is 14.4. The Morgan fingerprint density at radius 1 is 0.918 bits per heavy atom. The number of nitrogens with one attached hydrogen (secondary N) is 2. The van der Waals surface area contributed by atoms with Crippen LogP contribution in [0.1, 0.15) is 71.2 Å². The normalized spacial score (nSPS) is 15.0. The van der Waals surface area contributed by atoms with Crippen molar-refractivity contribution in [2.24, 2.45) is 0 Å². The van der Waals surface area contributed by atoms with E-state index in [1.807, 2.05) is 10.8 Å². The lowest BCUT2D eigenvalue weighted by Gasteiger charge is -2.41. The van der Waals surface area contributed by atoms with Crippen LogP contribution >= 0.6 is 0 Å². The van der Waals surface area contributed by atoms with E-state index in [1.54, 1.807) is 59.7 Å². The Morgan fingerprint density at radius 2 is 1.55 bits per heavy atom. The maximum atomic E-state index is 13.7. The Morgan fingerprint density at radius 3 is 2.12 bits per heavy atom. The number of halogens is 3. The Balaban J connectivity index is 1.47. The largest absolute Gasteiger partial charge is 0.573 e. The van der Waals surface area contributed by atoms with Crippen molar-refractivity contribution in [3.8, 4) is 16.9 Å². The number of aromatic nitrogens is 1. The molecule has 3 amide bonds. The van der Waals surface area contributed by atoms with E-state index in [1.165, 1.54) is 29.2 Å². The molecule has 11 nitrogen and oxygen atoms in total. The van der Waals surface area contributed by atoms with Crippen LogP contribution in [0.25, 0.3) is 22.0 Å². The Bertz CT molecular complexity index is 1660. The van der Waals surface area contributed by atoms with Gasteiger partial charge < -0.3 is 34.3 Å². The summed E-state index contributed by atoms with van der Waals surface area (Å²) in [5.74, 6) is -0.754. The summed E-state index contributed by atoms with van der Waals surface area (Å²) in [6.45, 7) is 11.5. The number of fused-ring (bicyclic) bond motifs is 1. The van der Waals surface area contributed by atoms with E-state index in [2.05, 4.69) is 15.4 Å². The molecule has 0 spiro atoms. The van der Waals surface area contributed by atoms with Crippen LogP contribution in [-0.2, 0) is 20.8 Å². The van der Waals surface area contributed by atoms with Gasteiger partial charge in [0.1, 0.15) is 28.8 Å². The standard InChI is InChI=1S/C35H43F3N4O7/c1-32(2,3)48-30(45)40-34(14-18-41(19-15-34)31(46)49-33(4,5)6)29(44)39-16-7-17-42-21-27(26-20-23(22-43)8-13-28(26)42)24-9-11-25(12-10-24)47-35(36,37)38/h8-13,20-22H,7,14-19H2,1-6H3,(H,39,44)(H,40,45). The first-order chi connectivity index (χ1) is 22.8. The molecule has 0 aliphatic carbocycles. The monoisotopic (exact) mass is 688 g/mol. The smallest absolute Gasteiger partial charge is 0.444 e.